The number of morpholine rings is 1. The van der Waals surface area contributed by atoms with Crippen LogP contribution in [0, 0.1) is 6.92 Å². The van der Waals surface area contributed by atoms with Crippen LogP contribution in [0.1, 0.15) is 37.6 Å². The fourth-order valence-corrected chi connectivity index (χ4v) is 2.28. The lowest BCUT2D eigenvalue weighted by Gasteiger charge is -2.27. The van der Waals surface area contributed by atoms with Crippen molar-refractivity contribution in [3.63, 3.8) is 0 Å². The van der Waals surface area contributed by atoms with E-state index in [1.54, 1.807) is 0 Å². The van der Waals surface area contributed by atoms with Gasteiger partial charge in [0.05, 0.1) is 13.2 Å². The zero-order chi connectivity index (χ0) is 13.7. The average molecular weight is 264 g/mol. The van der Waals surface area contributed by atoms with Gasteiger partial charge in [0.15, 0.2) is 0 Å². The molecule has 0 aromatic carbocycles. The van der Waals surface area contributed by atoms with E-state index in [0.717, 1.165) is 50.9 Å². The second kappa shape index (κ2) is 6.82. The second-order valence-corrected chi connectivity index (χ2v) is 4.99. The molecule has 19 heavy (non-hydrogen) atoms. The minimum atomic E-state index is 0.304. The smallest absolute Gasteiger partial charge is 0.225 e. The summed E-state index contributed by atoms with van der Waals surface area (Å²) in [5.74, 6) is 0.826. The number of aromatic nitrogens is 2. The third-order valence-corrected chi connectivity index (χ3v) is 3.47. The summed E-state index contributed by atoms with van der Waals surface area (Å²) in [7, 11) is 0. The van der Waals surface area contributed by atoms with Crippen molar-refractivity contribution in [2.75, 3.05) is 37.7 Å². The number of anilines is 1. The van der Waals surface area contributed by atoms with Crippen molar-refractivity contribution in [1.29, 1.82) is 0 Å². The highest BCUT2D eigenvalue weighted by Gasteiger charge is 2.16. The van der Waals surface area contributed by atoms with Gasteiger partial charge in [-0.1, -0.05) is 6.92 Å². The Hall–Kier alpha value is -1.20. The molecule has 1 fully saturated rings. The van der Waals surface area contributed by atoms with Gasteiger partial charge in [0.1, 0.15) is 0 Å². The monoisotopic (exact) mass is 264 g/mol. The molecule has 106 valence electrons. The molecule has 1 saturated heterocycles. The Kier molecular flexibility index (Phi) is 5.10. The quantitative estimate of drug-likeness (QED) is 0.877. The topological polar surface area (TPSA) is 50.3 Å². The van der Waals surface area contributed by atoms with E-state index < -0.39 is 0 Å². The summed E-state index contributed by atoms with van der Waals surface area (Å²) in [5, 5.41) is 3.47. The van der Waals surface area contributed by atoms with Crippen LogP contribution < -0.4 is 10.2 Å². The molecule has 0 bridgehead atoms. The van der Waals surface area contributed by atoms with Crippen molar-refractivity contribution in [2.24, 2.45) is 0 Å². The van der Waals surface area contributed by atoms with Crippen molar-refractivity contribution in [1.82, 2.24) is 15.3 Å². The van der Waals surface area contributed by atoms with Crippen molar-refractivity contribution in [2.45, 2.75) is 33.2 Å². The SMILES string of the molecule is CCCNC(C)c1cnc(N2CCOCC2)nc1C. The number of ether oxygens (including phenoxy) is 1. The van der Waals surface area contributed by atoms with Crippen molar-refractivity contribution in [3.05, 3.63) is 17.5 Å². The second-order valence-electron chi connectivity index (χ2n) is 4.99. The zero-order valence-corrected chi connectivity index (χ0v) is 12.1. The molecule has 1 aromatic rings. The molecule has 5 nitrogen and oxygen atoms in total. The molecule has 0 aliphatic carbocycles. The van der Waals surface area contributed by atoms with E-state index in [-0.39, 0.29) is 0 Å². The molecule has 1 N–H and O–H groups in total. The predicted octanol–water partition coefficient (Wildman–Crippen LogP) is 1.68. The van der Waals surface area contributed by atoms with Crippen molar-refractivity contribution < 1.29 is 4.74 Å². The average Bonchev–Trinajstić information content (AvgIpc) is 2.45. The molecular formula is C14H24N4O. The molecule has 1 unspecified atom stereocenters. The van der Waals surface area contributed by atoms with Crippen LogP contribution in [-0.2, 0) is 4.74 Å². The normalized spacial score (nSPS) is 17.5. The van der Waals surface area contributed by atoms with Gasteiger partial charge in [-0.25, -0.2) is 9.97 Å². The number of rotatable bonds is 5. The maximum Gasteiger partial charge on any atom is 0.225 e. The summed E-state index contributed by atoms with van der Waals surface area (Å²) < 4.78 is 5.35. The lowest BCUT2D eigenvalue weighted by atomic mass is 10.1. The van der Waals surface area contributed by atoms with E-state index >= 15 is 0 Å². The molecule has 1 aliphatic heterocycles. The van der Waals surface area contributed by atoms with Crippen molar-refractivity contribution >= 4 is 5.95 Å². The van der Waals surface area contributed by atoms with Crippen LogP contribution in [0.15, 0.2) is 6.20 Å². The number of aryl methyl sites for hydroxylation is 1. The van der Waals surface area contributed by atoms with Crippen LogP contribution in [-0.4, -0.2) is 42.8 Å². The van der Waals surface area contributed by atoms with Gasteiger partial charge in [-0.05, 0) is 26.8 Å². The lowest BCUT2D eigenvalue weighted by Crippen LogP contribution is -2.37. The van der Waals surface area contributed by atoms with Crippen LogP contribution in [0.25, 0.3) is 0 Å². The summed E-state index contributed by atoms with van der Waals surface area (Å²) in [4.78, 5) is 11.3. The Morgan fingerprint density at radius 3 is 2.79 bits per heavy atom. The zero-order valence-electron chi connectivity index (χ0n) is 12.1. The van der Waals surface area contributed by atoms with Gasteiger partial charge in [-0.2, -0.15) is 0 Å². The minimum absolute atomic E-state index is 0.304. The Morgan fingerprint density at radius 1 is 1.42 bits per heavy atom. The molecule has 0 spiro atoms. The van der Waals surface area contributed by atoms with E-state index in [0.29, 0.717) is 6.04 Å². The van der Waals surface area contributed by atoms with Crippen LogP contribution in [0.3, 0.4) is 0 Å². The third kappa shape index (κ3) is 3.64. The van der Waals surface area contributed by atoms with Crippen LogP contribution >= 0.6 is 0 Å². The van der Waals surface area contributed by atoms with Gasteiger partial charge in [-0.3, -0.25) is 0 Å². The van der Waals surface area contributed by atoms with E-state index in [9.17, 15) is 0 Å². The van der Waals surface area contributed by atoms with E-state index in [1.165, 1.54) is 5.56 Å². The Bertz CT molecular complexity index is 404. The Labute approximate surface area is 115 Å². The molecule has 1 aliphatic rings. The number of hydrogen-bond donors (Lipinski definition) is 1. The van der Waals surface area contributed by atoms with E-state index in [1.807, 2.05) is 6.20 Å². The fraction of sp³-hybridized carbons (Fsp3) is 0.714. The van der Waals surface area contributed by atoms with E-state index in [2.05, 4.69) is 41.0 Å². The van der Waals surface area contributed by atoms with Gasteiger partial charge in [-0.15, -0.1) is 0 Å². The molecule has 1 atom stereocenters. The molecule has 2 rings (SSSR count). The van der Waals surface area contributed by atoms with Crippen molar-refractivity contribution in [3.8, 4) is 0 Å². The summed E-state index contributed by atoms with van der Waals surface area (Å²) in [5.41, 5.74) is 2.25. The number of hydrogen-bond acceptors (Lipinski definition) is 5. The van der Waals surface area contributed by atoms with Gasteiger partial charge >= 0.3 is 0 Å². The minimum Gasteiger partial charge on any atom is -0.378 e. The Morgan fingerprint density at radius 2 is 2.16 bits per heavy atom. The van der Waals surface area contributed by atoms with E-state index in [4.69, 9.17) is 4.74 Å². The summed E-state index contributed by atoms with van der Waals surface area (Å²) in [6.07, 6.45) is 3.09. The van der Waals surface area contributed by atoms with Gasteiger partial charge in [0.2, 0.25) is 5.95 Å². The molecular weight excluding hydrogens is 240 g/mol. The highest BCUT2D eigenvalue weighted by atomic mass is 16.5. The molecule has 1 aromatic heterocycles. The summed E-state index contributed by atoms with van der Waals surface area (Å²) >= 11 is 0. The lowest BCUT2D eigenvalue weighted by molar-refractivity contribution is 0.122. The van der Waals surface area contributed by atoms with Gasteiger partial charge < -0.3 is 15.0 Å². The first kappa shape index (κ1) is 14.2. The number of nitrogens with one attached hydrogen (secondary N) is 1. The maximum absolute atomic E-state index is 5.35. The van der Waals surface area contributed by atoms with Crippen LogP contribution in [0.2, 0.25) is 0 Å². The predicted molar refractivity (Wildman–Crippen MR) is 76.5 cm³/mol. The largest absolute Gasteiger partial charge is 0.378 e. The molecule has 2 heterocycles. The molecule has 0 saturated carbocycles. The van der Waals surface area contributed by atoms with Crippen LogP contribution in [0.5, 0.6) is 0 Å². The van der Waals surface area contributed by atoms with Crippen LogP contribution in [0.4, 0.5) is 5.95 Å². The third-order valence-electron chi connectivity index (χ3n) is 3.47. The first-order valence-electron chi connectivity index (χ1n) is 7.12. The summed E-state index contributed by atoms with van der Waals surface area (Å²) in [6, 6.07) is 0.304. The first-order valence-corrected chi connectivity index (χ1v) is 7.12. The standard InChI is InChI=1S/C14H24N4O/c1-4-5-15-11(2)13-10-16-14(17-12(13)3)18-6-8-19-9-7-18/h10-11,15H,4-9H2,1-3H3. The highest BCUT2D eigenvalue weighted by molar-refractivity contribution is 5.34. The maximum atomic E-state index is 5.35. The molecule has 0 amide bonds. The highest BCUT2D eigenvalue weighted by Crippen LogP contribution is 2.18. The fourth-order valence-electron chi connectivity index (χ4n) is 2.28. The summed E-state index contributed by atoms with van der Waals surface area (Å²) in [6.45, 7) is 10.7. The molecule has 0 radical (unpaired) electrons. The van der Waals surface area contributed by atoms with Gasteiger partial charge in [0, 0.05) is 36.6 Å². The van der Waals surface area contributed by atoms with Gasteiger partial charge in [0.25, 0.3) is 0 Å². The molecule has 5 heteroatoms. The first-order chi connectivity index (χ1) is 9.22. The number of nitrogens with zero attached hydrogens (tertiary/aromatic N) is 3. The Balaban J connectivity index is 2.07.